The predicted molar refractivity (Wildman–Crippen MR) is 103 cm³/mol. The summed E-state index contributed by atoms with van der Waals surface area (Å²) in [5.74, 6) is -0.227. The number of nitrogens with one attached hydrogen (secondary N) is 2. The molecule has 1 saturated carbocycles. The lowest BCUT2D eigenvalue weighted by molar-refractivity contribution is -0.111. The Morgan fingerprint density at radius 2 is 1.80 bits per heavy atom. The van der Waals surface area contributed by atoms with Gasteiger partial charge in [0.05, 0.1) is 0 Å². The van der Waals surface area contributed by atoms with E-state index in [0.717, 1.165) is 17.7 Å². The standard InChI is InChI=1S/C20H22N2O2S/c23-19(13-12-18-7-4-14-25-18)21-17-10-8-15(9-11-17)20(24)22-16-5-2-1-3-6-16/h4,7-14,16H,1-3,5-6H2,(H,21,23)(H,22,24)/b13-12+. The molecule has 1 aliphatic carbocycles. The topological polar surface area (TPSA) is 58.2 Å². The van der Waals surface area contributed by atoms with Crippen LogP contribution in [0.25, 0.3) is 6.08 Å². The lowest BCUT2D eigenvalue weighted by Gasteiger charge is -2.22. The van der Waals surface area contributed by atoms with Crippen molar-refractivity contribution in [1.82, 2.24) is 5.32 Å². The minimum absolute atomic E-state index is 0.0395. The summed E-state index contributed by atoms with van der Waals surface area (Å²) < 4.78 is 0. The van der Waals surface area contributed by atoms with Crippen molar-refractivity contribution < 1.29 is 9.59 Å². The Balaban J connectivity index is 1.52. The van der Waals surface area contributed by atoms with Gasteiger partial charge in [-0.3, -0.25) is 9.59 Å². The number of hydrogen-bond donors (Lipinski definition) is 2. The molecule has 0 atom stereocenters. The van der Waals surface area contributed by atoms with Gasteiger partial charge >= 0.3 is 0 Å². The molecule has 5 heteroatoms. The minimum Gasteiger partial charge on any atom is -0.349 e. The summed E-state index contributed by atoms with van der Waals surface area (Å²) in [6, 6.07) is 11.2. The van der Waals surface area contributed by atoms with Crippen LogP contribution < -0.4 is 10.6 Å². The SMILES string of the molecule is O=C(/C=C/c1cccs1)Nc1ccc(C(=O)NC2CCCCC2)cc1. The van der Waals surface area contributed by atoms with Gasteiger partial charge in [0, 0.05) is 28.2 Å². The number of carbonyl (C=O) groups is 2. The molecule has 0 unspecified atom stereocenters. The number of rotatable bonds is 5. The average molecular weight is 354 g/mol. The molecule has 130 valence electrons. The molecule has 0 aliphatic heterocycles. The molecule has 1 heterocycles. The lowest BCUT2D eigenvalue weighted by atomic mass is 9.95. The highest BCUT2D eigenvalue weighted by atomic mass is 32.1. The van der Waals surface area contributed by atoms with Crippen LogP contribution in [0.15, 0.2) is 47.9 Å². The Labute approximate surface area is 152 Å². The molecule has 1 fully saturated rings. The third-order valence-corrected chi connectivity index (χ3v) is 5.13. The van der Waals surface area contributed by atoms with Crippen LogP contribution in [0.4, 0.5) is 5.69 Å². The molecule has 1 aliphatic rings. The molecule has 3 rings (SSSR count). The molecule has 2 N–H and O–H groups in total. The van der Waals surface area contributed by atoms with Gasteiger partial charge < -0.3 is 10.6 Å². The van der Waals surface area contributed by atoms with Crippen LogP contribution in [-0.2, 0) is 4.79 Å². The molecule has 4 nitrogen and oxygen atoms in total. The predicted octanol–water partition coefficient (Wildman–Crippen LogP) is 4.46. The first kappa shape index (κ1) is 17.4. The van der Waals surface area contributed by atoms with Crippen LogP contribution in [0.1, 0.15) is 47.3 Å². The number of amides is 2. The van der Waals surface area contributed by atoms with E-state index in [4.69, 9.17) is 0 Å². The molecule has 2 aromatic rings. The minimum atomic E-state index is -0.187. The van der Waals surface area contributed by atoms with Gasteiger partial charge in [-0.2, -0.15) is 0 Å². The van der Waals surface area contributed by atoms with Gasteiger partial charge in [0.25, 0.3) is 5.91 Å². The Bertz CT molecular complexity index is 730. The third kappa shape index (κ3) is 5.29. The second kappa shape index (κ2) is 8.62. The number of carbonyl (C=O) groups excluding carboxylic acids is 2. The summed E-state index contributed by atoms with van der Waals surface area (Å²) in [7, 11) is 0. The number of thiophene rings is 1. The molecule has 1 aromatic carbocycles. The van der Waals surface area contributed by atoms with Gasteiger partial charge in [-0.05, 0) is 54.6 Å². The average Bonchev–Trinajstić information content (AvgIpc) is 3.15. The maximum absolute atomic E-state index is 12.3. The number of hydrogen-bond acceptors (Lipinski definition) is 3. The summed E-state index contributed by atoms with van der Waals surface area (Å²) >= 11 is 1.58. The Hall–Kier alpha value is -2.40. The molecule has 0 saturated heterocycles. The first-order valence-electron chi connectivity index (χ1n) is 8.64. The van der Waals surface area contributed by atoms with E-state index in [9.17, 15) is 9.59 Å². The van der Waals surface area contributed by atoms with Crippen LogP contribution in [0, 0.1) is 0 Å². The quantitative estimate of drug-likeness (QED) is 0.779. The zero-order valence-corrected chi connectivity index (χ0v) is 14.9. The van der Waals surface area contributed by atoms with Crippen molar-refractivity contribution >= 4 is 34.9 Å². The third-order valence-electron chi connectivity index (χ3n) is 4.30. The van der Waals surface area contributed by atoms with Gasteiger partial charge in [-0.1, -0.05) is 25.3 Å². The van der Waals surface area contributed by atoms with E-state index in [-0.39, 0.29) is 11.8 Å². The molecule has 0 spiro atoms. The Morgan fingerprint density at radius 3 is 2.48 bits per heavy atom. The monoisotopic (exact) mass is 354 g/mol. The van der Waals surface area contributed by atoms with E-state index < -0.39 is 0 Å². The Morgan fingerprint density at radius 1 is 1.04 bits per heavy atom. The van der Waals surface area contributed by atoms with E-state index >= 15 is 0 Å². The smallest absolute Gasteiger partial charge is 0.251 e. The first-order valence-corrected chi connectivity index (χ1v) is 9.52. The summed E-state index contributed by atoms with van der Waals surface area (Å²) in [4.78, 5) is 25.2. The van der Waals surface area contributed by atoms with Gasteiger partial charge in [-0.25, -0.2) is 0 Å². The molecule has 0 radical (unpaired) electrons. The first-order chi connectivity index (χ1) is 12.2. The van der Waals surface area contributed by atoms with E-state index in [1.165, 1.54) is 25.3 Å². The van der Waals surface area contributed by atoms with Crippen molar-refractivity contribution in [3.8, 4) is 0 Å². The van der Waals surface area contributed by atoms with E-state index in [2.05, 4.69) is 10.6 Å². The maximum Gasteiger partial charge on any atom is 0.251 e. The highest BCUT2D eigenvalue weighted by molar-refractivity contribution is 7.10. The highest BCUT2D eigenvalue weighted by Gasteiger charge is 2.16. The number of anilines is 1. The summed E-state index contributed by atoms with van der Waals surface area (Å²) in [5, 5.41) is 7.86. The molecule has 25 heavy (non-hydrogen) atoms. The fourth-order valence-corrected chi connectivity index (χ4v) is 3.57. The normalized spacial score (nSPS) is 15.2. The lowest BCUT2D eigenvalue weighted by Crippen LogP contribution is -2.36. The fraction of sp³-hybridized carbons (Fsp3) is 0.300. The van der Waals surface area contributed by atoms with Crippen LogP contribution >= 0.6 is 11.3 Å². The van der Waals surface area contributed by atoms with Crippen molar-refractivity contribution in [3.63, 3.8) is 0 Å². The van der Waals surface area contributed by atoms with Crippen molar-refractivity contribution in [1.29, 1.82) is 0 Å². The van der Waals surface area contributed by atoms with Crippen LogP contribution in [0.2, 0.25) is 0 Å². The number of benzene rings is 1. The maximum atomic E-state index is 12.3. The molecule has 0 bridgehead atoms. The van der Waals surface area contributed by atoms with Gasteiger partial charge in [0.2, 0.25) is 5.91 Å². The van der Waals surface area contributed by atoms with Gasteiger partial charge in [-0.15, -0.1) is 11.3 Å². The van der Waals surface area contributed by atoms with Crippen LogP contribution in [0.5, 0.6) is 0 Å². The largest absolute Gasteiger partial charge is 0.349 e. The second-order valence-electron chi connectivity index (χ2n) is 6.22. The molecular weight excluding hydrogens is 332 g/mol. The second-order valence-corrected chi connectivity index (χ2v) is 7.20. The fourth-order valence-electron chi connectivity index (χ4n) is 2.95. The molecule has 2 amide bonds. The zero-order chi connectivity index (χ0) is 17.5. The van der Waals surface area contributed by atoms with E-state index in [1.54, 1.807) is 41.7 Å². The van der Waals surface area contributed by atoms with Crippen molar-refractivity contribution in [2.24, 2.45) is 0 Å². The van der Waals surface area contributed by atoms with E-state index in [0.29, 0.717) is 17.3 Å². The highest BCUT2D eigenvalue weighted by Crippen LogP contribution is 2.18. The van der Waals surface area contributed by atoms with E-state index in [1.807, 2.05) is 17.5 Å². The van der Waals surface area contributed by atoms with Crippen molar-refractivity contribution in [3.05, 3.63) is 58.3 Å². The van der Waals surface area contributed by atoms with Crippen molar-refractivity contribution in [2.45, 2.75) is 38.1 Å². The van der Waals surface area contributed by atoms with Crippen molar-refractivity contribution in [2.75, 3.05) is 5.32 Å². The molecular formula is C20H22N2O2S. The zero-order valence-electron chi connectivity index (χ0n) is 14.0. The van der Waals surface area contributed by atoms with Crippen LogP contribution in [0.3, 0.4) is 0 Å². The van der Waals surface area contributed by atoms with Gasteiger partial charge in [0.1, 0.15) is 0 Å². The summed E-state index contributed by atoms with van der Waals surface area (Å²) in [6.45, 7) is 0. The summed E-state index contributed by atoms with van der Waals surface area (Å²) in [5.41, 5.74) is 1.30. The summed E-state index contributed by atoms with van der Waals surface area (Å²) in [6.07, 6.45) is 9.07. The van der Waals surface area contributed by atoms with Crippen LogP contribution in [-0.4, -0.2) is 17.9 Å². The Kier molecular flexibility index (Phi) is 6.01. The molecule has 1 aromatic heterocycles. The van der Waals surface area contributed by atoms with Gasteiger partial charge in [0.15, 0.2) is 0 Å².